The van der Waals surface area contributed by atoms with Gasteiger partial charge in [-0.05, 0) is 93.1 Å². The van der Waals surface area contributed by atoms with Crippen molar-refractivity contribution in [3.63, 3.8) is 0 Å². The molecule has 2 N–H and O–H groups in total. The van der Waals surface area contributed by atoms with E-state index < -0.39 is 17.6 Å². The second-order valence-electron chi connectivity index (χ2n) is 15.8. The molecule has 1 saturated carbocycles. The van der Waals surface area contributed by atoms with Crippen LogP contribution >= 0.6 is 23.5 Å². The van der Waals surface area contributed by atoms with Crippen LogP contribution in [0, 0.1) is 11.8 Å². The van der Waals surface area contributed by atoms with Crippen molar-refractivity contribution in [1.82, 2.24) is 14.0 Å². The largest absolute Gasteiger partial charge is 0.416 e. The van der Waals surface area contributed by atoms with Crippen LogP contribution in [0.5, 0.6) is 0 Å². The lowest BCUT2D eigenvalue weighted by Gasteiger charge is -2.37. The lowest BCUT2D eigenvalue weighted by Crippen LogP contribution is -2.52. The first-order valence-electron chi connectivity index (χ1n) is 21.5. The fourth-order valence-electron chi connectivity index (χ4n) is 8.07. The Balaban J connectivity index is 1.48. The summed E-state index contributed by atoms with van der Waals surface area (Å²) in [6, 6.07) is 10.3. The Hall–Kier alpha value is -4.17. The quantitative estimate of drug-likeness (QED) is 0.116. The van der Waals surface area contributed by atoms with Crippen molar-refractivity contribution in [2.75, 3.05) is 41.1 Å². The molecule has 1 aromatic heterocycles. The van der Waals surface area contributed by atoms with Crippen LogP contribution in [-0.2, 0) is 31.0 Å². The van der Waals surface area contributed by atoms with E-state index in [4.69, 9.17) is 16.6 Å². The molecular weight excluding hydrogens is 811 g/mol. The average molecular weight is 873 g/mol. The number of allylic oxidation sites excluding steroid dienone is 2. The third-order valence-electron chi connectivity index (χ3n) is 11.7. The zero-order valence-electron chi connectivity index (χ0n) is 35.8. The summed E-state index contributed by atoms with van der Waals surface area (Å²) >= 11 is 7.89. The van der Waals surface area contributed by atoms with Crippen molar-refractivity contribution in [2.45, 2.75) is 117 Å². The topological polar surface area (TPSA) is 104 Å². The molecule has 15 heteroatoms. The zero-order valence-corrected chi connectivity index (χ0v) is 37.4. The molecule has 328 valence electrons. The highest BCUT2D eigenvalue weighted by molar-refractivity contribution is 8.01. The lowest BCUT2D eigenvalue weighted by atomic mass is 9.81. The van der Waals surface area contributed by atoms with E-state index in [9.17, 15) is 27.6 Å². The molecule has 2 aliphatic rings. The molecule has 0 bridgehead atoms. The smallest absolute Gasteiger partial charge is 0.362 e. The van der Waals surface area contributed by atoms with Crippen molar-refractivity contribution in [2.24, 2.45) is 23.9 Å². The summed E-state index contributed by atoms with van der Waals surface area (Å²) in [6.07, 6.45) is 7.33. The average Bonchev–Trinajstić information content (AvgIpc) is 4.08. The van der Waals surface area contributed by atoms with Gasteiger partial charge in [0.05, 0.1) is 33.2 Å². The standard InChI is InChI=1S/C45H61ClF3N7O3S/c1-7-12-15-31(30(8-2)9-3)18-20-33(10-4)50-44-53(6)43(59)41(39(11-5)56(44)29-40(57)51-38-23-19-32(28-36(38)46)45(47,48)49)54-24-26-55(27-25-54)42(58)35-16-13-14-17-37(35)52-60-34-21-22-34/h10,13-14,16-17,19,23,28,30-31,34,52H,7-9,11-12,15,18,20-22,24-27,29H2,1-6H3,(H,51,57). The summed E-state index contributed by atoms with van der Waals surface area (Å²) < 4.78 is 46.8. The first-order valence-corrected chi connectivity index (χ1v) is 22.7. The highest BCUT2D eigenvalue weighted by atomic mass is 35.5. The Morgan fingerprint density at radius 3 is 2.28 bits per heavy atom. The normalized spacial score (nSPS) is 15.8. The number of hydrogen-bond acceptors (Lipinski definition) is 7. The van der Waals surface area contributed by atoms with Crippen LogP contribution in [0.15, 0.2) is 64.0 Å². The van der Waals surface area contributed by atoms with E-state index in [2.05, 4.69) is 30.8 Å². The molecule has 1 aliphatic carbocycles. The Bertz CT molecular complexity index is 2120. The number of rotatable bonds is 19. The number of carbonyl (C=O) groups excluding carboxylic acids is 2. The van der Waals surface area contributed by atoms with Gasteiger partial charge in [0.15, 0.2) is 0 Å². The number of nitrogens with zero attached hydrogens (tertiary/aromatic N) is 5. The highest BCUT2D eigenvalue weighted by Crippen LogP contribution is 2.36. The fraction of sp³-hybridized carbons (Fsp3) is 0.556. The first-order chi connectivity index (χ1) is 28.7. The van der Waals surface area contributed by atoms with E-state index in [0.717, 1.165) is 81.0 Å². The molecule has 1 atom stereocenters. The molecule has 3 aromatic rings. The van der Waals surface area contributed by atoms with Gasteiger partial charge in [0, 0.05) is 44.2 Å². The van der Waals surface area contributed by atoms with Crippen molar-refractivity contribution < 1.29 is 22.8 Å². The number of hydrogen-bond donors (Lipinski definition) is 2. The molecular formula is C45H61ClF3N7O3S. The molecule has 1 unspecified atom stereocenters. The van der Waals surface area contributed by atoms with Crippen molar-refractivity contribution in [1.29, 1.82) is 0 Å². The summed E-state index contributed by atoms with van der Waals surface area (Å²) in [5.41, 5.74) is 2.32. The second-order valence-corrected chi connectivity index (χ2v) is 17.3. The van der Waals surface area contributed by atoms with E-state index in [-0.39, 0.29) is 34.3 Å². The van der Waals surface area contributed by atoms with Crippen LogP contribution in [0.3, 0.4) is 0 Å². The van der Waals surface area contributed by atoms with Crippen LogP contribution in [0.4, 0.5) is 30.2 Å². The molecule has 2 amide bonds. The predicted octanol–water partition coefficient (Wildman–Crippen LogP) is 10.1. The van der Waals surface area contributed by atoms with Gasteiger partial charge in [-0.2, -0.15) is 13.2 Å². The molecule has 2 heterocycles. The molecule has 0 spiro atoms. The van der Waals surface area contributed by atoms with E-state index in [1.165, 1.54) is 4.57 Å². The Morgan fingerprint density at radius 1 is 0.983 bits per heavy atom. The summed E-state index contributed by atoms with van der Waals surface area (Å²) in [5.74, 6) is 0.505. The van der Waals surface area contributed by atoms with Gasteiger partial charge >= 0.3 is 6.18 Å². The van der Waals surface area contributed by atoms with Crippen LogP contribution < -0.4 is 26.1 Å². The number of alkyl halides is 3. The van der Waals surface area contributed by atoms with Gasteiger partial charge in [-0.15, -0.1) is 0 Å². The number of unbranched alkanes of at least 4 members (excludes halogenated alkanes) is 1. The molecule has 1 saturated heterocycles. The minimum Gasteiger partial charge on any atom is -0.362 e. The molecule has 0 radical (unpaired) electrons. The zero-order chi connectivity index (χ0) is 43.6. The number of halogens is 4. The maximum Gasteiger partial charge on any atom is 0.416 e. The lowest BCUT2D eigenvalue weighted by molar-refractivity contribution is -0.137. The van der Waals surface area contributed by atoms with Gasteiger partial charge in [-0.25, -0.2) is 4.99 Å². The Kier molecular flexibility index (Phi) is 16.9. The first kappa shape index (κ1) is 46.9. The summed E-state index contributed by atoms with van der Waals surface area (Å²) in [5, 5.41) is 3.01. The van der Waals surface area contributed by atoms with E-state index in [1.54, 1.807) is 23.6 Å². The van der Waals surface area contributed by atoms with Gasteiger partial charge in [0.25, 0.3) is 11.5 Å². The fourth-order valence-corrected chi connectivity index (χ4v) is 9.14. The predicted molar refractivity (Wildman–Crippen MR) is 239 cm³/mol. The summed E-state index contributed by atoms with van der Waals surface area (Å²) in [4.78, 5) is 51.1. The number of carbonyl (C=O) groups is 2. The monoisotopic (exact) mass is 871 g/mol. The molecule has 1 aliphatic heterocycles. The molecule has 10 nitrogen and oxygen atoms in total. The van der Waals surface area contributed by atoms with Crippen LogP contribution in [0.1, 0.15) is 114 Å². The minimum absolute atomic E-state index is 0.0363. The number of nitrogens with one attached hydrogen (secondary N) is 2. The molecule has 5 rings (SSSR count). The van der Waals surface area contributed by atoms with E-state index in [0.29, 0.717) is 73.1 Å². The number of benzene rings is 2. The van der Waals surface area contributed by atoms with Crippen LogP contribution in [0.2, 0.25) is 5.02 Å². The van der Waals surface area contributed by atoms with Gasteiger partial charge in [0.1, 0.15) is 12.2 Å². The van der Waals surface area contributed by atoms with Gasteiger partial charge in [0.2, 0.25) is 11.5 Å². The molecule has 2 aromatic carbocycles. The maximum absolute atomic E-state index is 14.5. The Labute approximate surface area is 361 Å². The minimum atomic E-state index is -4.59. The van der Waals surface area contributed by atoms with E-state index >= 15 is 0 Å². The summed E-state index contributed by atoms with van der Waals surface area (Å²) in [6.45, 7) is 11.8. The number of aromatic nitrogens is 2. The van der Waals surface area contributed by atoms with Gasteiger partial charge in [-0.1, -0.05) is 89.6 Å². The van der Waals surface area contributed by atoms with E-state index in [1.807, 2.05) is 54.0 Å². The Morgan fingerprint density at radius 2 is 1.68 bits per heavy atom. The number of amides is 2. The van der Waals surface area contributed by atoms with Crippen molar-refractivity contribution in [3.05, 3.63) is 92.1 Å². The number of anilines is 3. The maximum atomic E-state index is 14.5. The third kappa shape index (κ3) is 11.8. The number of piperazine rings is 1. The second kappa shape index (κ2) is 21.6. The molecule has 2 fully saturated rings. The number of para-hydroxylation sites is 1. The van der Waals surface area contributed by atoms with Gasteiger partial charge < -0.3 is 24.4 Å². The van der Waals surface area contributed by atoms with Crippen molar-refractivity contribution >= 4 is 52.4 Å². The molecule has 60 heavy (non-hydrogen) atoms. The van der Waals surface area contributed by atoms with Crippen molar-refractivity contribution in [3.8, 4) is 0 Å². The SMILES string of the molecule is CC=C(CCC(CCCC)C(CC)CC)N=c1n(CC(=O)Nc2ccc(C(F)(F)F)cc2Cl)c(CC)c(N2CCN(C(=O)c3ccccc3NSC3CC3)CC2)c(=O)n1C. The van der Waals surface area contributed by atoms with Gasteiger partial charge in [-0.3, -0.25) is 19.0 Å². The summed E-state index contributed by atoms with van der Waals surface area (Å²) in [7, 11) is 1.65. The highest BCUT2D eigenvalue weighted by Gasteiger charge is 2.32. The third-order valence-corrected chi connectivity index (χ3v) is 13.2. The van der Waals surface area contributed by atoms with Crippen LogP contribution in [-0.4, -0.2) is 57.3 Å². The van der Waals surface area contributed by atoms with Crippen LogP contribution in [0.25, 0.3) is 0 Å².